The van der Waals surface area contributed by atoms with Gasteiger partial charge in [0.1, 0.15) is 0 Å². The standard InChI is InChI=1S/C14H25N3O/c1-10(2)16-14(8-18)6-5-13(7-14)17-9-15-11(3)12(17)4/h9-10,13,16,18H,5-8H2,1-4H3. The highest BCUT2D eigenvalue weighted by Gasteiger charge is 2.39. The Kier molecular flexibility index (Phi) is 3.78. The van der Waals surface area contributed by atoms with Crippen LogP contribution in [0.4, 0.5) is 0 Å². The monoisotopic (exact) mass is 251 g/mol. The van der Waals surface area contributed by atoms with Crippen LogP contribution in [0.5, 0.6) is 0 Å². The lowest BCUT2D eigenvalue weighted by molar-refractivity contribution is 0.151. The second-order valence-electron chi connectivity index (χ2n) is 5.96. The van der Waals surface area contributed by atoms with Gasteiger partial charge in [-0.05, 0) is 33.1 Å². The predicted octanol–water partition coefficient (Wildman–Crippen LogP) is 1.95. The van der Waals surface area contributed by atoms with Crippen LogP contribution in [-0.2, 0) is 0 Å². The van der Waals surface area contributed by atoms with E-state index in [0.29, 0.717) is 12.1 Å². The third-order valence-corrected chi connectivity index (χ3v) is 4.16. The second kappa shape index (κ2) is 5.02. The molecule has 1 fully saturated rings. The third kappa shape index (κ3) is 2.45. The maximum absolute atomic E-state index is 9.72. The number of aliphatic hydroxyl groups is 1. The van der Waals surface area contributed by atoms with Gasteiger partial charge in [0.2, 0.25) is 0 Å². The maximum atomic E-state index is 9.72. The van der Waals surface area contributed by atoms with Crippen LogP contribution in [0.1, 0.15) is 50.5 Å². The van der Waals surface area contributed by atoms with E-state index in [4.69, 9.17) is 0 Å². The Labute approximate surface area is 109 Å². The molecule has 0 bridgehead atoms. The molecule has 2 atom stereocenters. The second-order valence-corrected chi connectivity index (χ2v) is 5.96. The van der Waals surface area contributed by atoms with Gasteiger partial charge in [-0.3, -0.25) is 0 Å². The molecule has 0 radical (unpaired) electrons. The van der Waals surface area contributed by atoms with Crippen molar-refractivity contribution >= 4 is 0 Å². The fraction of sp³-hybridized carbons (Fsp3) is 0.786. The van der Waals surface area contributed by atoms with Gasteiger partial charge in [-0.25, -0.2) is 4.98 Å². The highest BCUT2D eigenvalue weighted by molar-refractivity contribution is 5.12. The van der Waals surface area contributed by atoms with E-state index < -0.39 is 0 Å². The molecule has 1 aliphatic carbocycles. The van der Waals surface area contributed by atoms with Gasteiger partial charge in [0.05, 0.1) is 18.6 Å². The summed E-state index contributed by atoms with van der Waals surface area (Å²) in [5.41, 5.74) is 2.25. The molecule has 0 aromatic carbocycles. The summed E-state index contributed by atoms with van der Waals surface area (Å²) >= 11 is 0. The minimum Gasteiger partial charge on any atom is -0.394 e. The number of aryl methyl sites for hydroxylation is 1. The maximum Gasteiger partial charge on any atom is 0.0954 e. The predicted molar refractivity (Wildman–Crippen MR) is 72.7 cm³/mol. The van der Waals surface area contributed by atoms with E-state index in [2.05, 4.69) is 35.6 Å². The molecule has 0 spiro atoms. The number of hydrogen-bond acceptors (Lipinski definition) is 3. The first kappa shape index (κ1) is 13.6. The Morgan fingerprint density at radius 2 is 2.28 bits per heavy atom. The molecule has 0 amide bonds. The quantitative estimate of drug-likeness (QED) is 0.860. The Hall–Kier alpha value is -0.870. The lowest BCUT2D eigenvalue weighted by Crippen LogP contribution is -2.49. The molecule has 4 nitrogen and oxygen atoms in total. The number of aliphatic hydroxyl groups excluding tert-OH is 1. The first-order valence-electron chi connectivity index (χ1n) is 6.86. The van der Waals surface area contributed by atoms with Crippen LogP contribution in [0.2, 0.25) is 0 Å². The van der Waals surface area contributed by atoms with Gasteiger partial charge in [-0.15, -0.1) is 0 Å². The summed E-state index contributed by atoms with van der Waals surface area (Å²) in [5, 5.41) is 13.3. The van der Waals surface area contributed by atoms with Gasteiger partial charge in [-0.2, -0.15) is 0 Å². The summed E-state index contributed by atoms with van der Waals surface area (Å²) in [6.45, 7) is 8.66. The molecule has 0 saturated heterocycles. The van der Waals surface area contributed by atoms with Gasteiger partial charge in [0.25, 0.3) is 0 Å². The molecule has 4 heteroatoms. The number of aromatic nitrogens is 2. The van der Waals surface area contributed by atoms with Crippen molar-refractivity contribution < 1.29 is 5.11 Å². The van der Waals surface area contributed by atoms with Crippen LogP contribution in [0, 0.1) is 13.8 Å². The zero-order valence-electron chi connectivity index (χ0n) is 11.9. The first-order chi connectivity index (χ1) is 8.47. The molecular formula is C14H25N3O. The van der Waals surface area contributed by atoms with Crippen LogP contribution in [0.25, 0.3) is 0 Å². The van der Waals surface area contributed by atoms with Gasteiger partial charge in [-0.1, -0.05) is 13.8 Å². The Morgan fingerprint density at radius 3 is 2.78 bits per heavy atom. The summed E-state index contributed by atoms with van der Waals surface area (Å²) in [4.78, 5) is 4.38. The summed E-state index contributed by atoms with van der Waals surface area (Å²) in [6.07, 6.45) is 5.07. The van der Waals surface area contributed by atoms with E-state index >= 15 is 0 Å². The van der Waals surface area contributed by atoms with Crippen LogP contribution < -0.4 is 5.32 Å². The number of hydrogen-bond donors (Lipinski definition) is 2. The van der Waals surface area contributed by atoms with E-state index in [1.165, 1.54) is 5.69 Å². The summed E-state index contributed by atoms with van der Waals surface area (Å²) in [6, 6.07) is 0.867. The molecule has 0 aliphatic heterocycles. The van der Waals surface area contributed by atoms with Crippen molar-refractivity contribution in [3.63, 3.8) is 0 Å². The highest BCUT2D eigenvalue weighted by Crippen LogP contribution is 2.38. The zero-order chi connectivity index (χ0) is 13.3. The average molecular weight is 251 g/mol. The number of rotatable bonds is 4. The summed E-state index contributed by atoms with van der Waals surface area (Å²) in [5.74, 6) is 0. The van der Waals surface area contributed by atoms with Crippen molar-refractivity contribution in [3.8, 4) is 0 Å². The van der Waals surface area contributed by atoms with Gasteiger partial charge in [0.15, 0.2) is 0 Å². The first-order valence-corrected chi connectivity index (χ1v) is 6.86. The van der Waals surface area contributed by atoms with E-state index in [9.17, 15) is 5.11 Å². The van der Waals surface area contributed by atoms with E-state index in [1.54, 1.807) is 0 Å². The molecule has 1 aromatic rings. The molecule has 2 unspecified atom stereocenters. The topological polar surface area (TPSA) is 50.1 Å². The third-order valence-electron chi connectivity index (χ3n) is 4.16. The molecule has 2 N–H and O–H groups in total. The van der Waals surface area contributed by atoms with Gasteiger partial charge >= 0.3 is 0 Å². The van der Waals surface area contributed by atoms with Crippen molar-refractivity contribution in [2.45, 2.75) is 64.6 Å². The highest BCUT2D eigenvalue weighted by atomic mass is 16.3. The average Bonchev–Trinajstić information content (AvgIpc) is 2.85. The van der Waals surface area contributed by atoms with Crippen molar-refractivity contribution in [1.29, 1.82) is 0 Å². The zero-order valence-corrected chi connectivity index (χ0v) is 11.9. The van der Waals surface area contributed by atoms with Crippen molar-refractivity contribution in [3.05, 3.63) is 17.7 Å². The number of nitrogens with one attached hydrogen (secondary N) is 1. The van der Waals surface area contributed by atoms with E-state index in [-0.39, 0.29) is 12.1 Å². The van der Waals surface area contributed by atoms with Gasteiger partial charge < -0.3 is 15.0 Å². The van der Waals surface area contributed by atoms with Gasteiger partial charge in [0, 0.05) is 23.3 Å². The van der Waals surface area contributed by atoms with Crippen LogP contribution in [-0.4, -0.2) is 32.8 Å². The fourth-order valence-electron chi connectivity index (χ4n) is 3.15. The molecular weight excluding hydrogens is 226 g/mol. The van der Waals surface area contributed by atoms with Crippen LogP contribution in [0.3, 0.4) is 0 Å². The SMILES string of the molecule is Cc1ncn(C2CCC(CO)(NC(C)C)C2)c1C. The molecule has 1 aliphatic rings. The lowest BCUT2D eigenvalue weighted by Gasteiger charge is -2.31. The molecule has 2 rings (SSSR count). The normalized spacial score (nSPS) is 28.2. The van der Waals surface area contributed by atoms with Crippen LogP contribution in [0.15, 0.2) is 6.33 Å². The van der Waals surface area contributed by atoms with E-state index in [0.717, 1.165) is 25.0 Å². The Balaban J connectivity index is 2.14. The number of nitrogens with zero attached hydrogens (tertiary/aromatic N) is 2. The molecule has 102 valence electrons. The minimum absolute atomic E-state index is 0.108. The summed E-state index contributed by atoms with van der Waals surface area (Å²) < 4.78 is 2.27. The lowest BCUT2D eigenvalue weighted by atomic mass is 9.97. The Morgan fingerprint density at radius 1 is 1.56 bits per heavy atom. The van der Waals surface area contributed by atoms with E-state index in [1.807, 2.05) is 13.3 Å². The smallest absolute Gasteiger partial charge is 0.0954 e. The molecule has 1 heterocycles. The molecule has 1 aromatic heterocycles. The van der Waals surface area contributed by atoms with Crippen molar-refractivity contribution in [1.82, 2.24) is 14.9 Å². The van der Waals surface area contributed by atoms with Crippen molar-refractivity contribution in [2.24, 2.45) is 0 Å². The van der Waals surface area contributed by atoms with Crippen LogP contribution >= 0.6 is 0 Å². The number of imidazole rings is 1. The minimum atomic E-state index is -0.108. The fourth-order valence-corrected chi connectivity index (χ4v) is 3.15. The largest absolute Gasteiger partial charge is 0.394 e. The molecule has 18 heavy (non-hydrogen) atoms. The molecule has 1 saturated carbocycles. The van der Waals surface area contributed by atoms with Crippen molar-refractivity contribution in [2.75, 3.05) is 6.61 Å². The summed E-state index contributed by atoms with van der Waals surface area (Å²) in [7, 11) is 0. The Bertz CT molecular complexity index is 413.